The molecule has 2 aliphatic rings. The fourth-order valence-electron chi connectivity index (χ4n) is 5.34. The number of allylic oxidation sites excluding steroid dienone is 2. The Hall–Kier alpha value is -3.94. The number of hydrogen-bond donors (Lipinski definition) is 3. The number of hydrogen-bond acceptors (Lipinski definition) is 4. The van der Waals surface area contributed by atoms with E-state index in [4.69, 9.17) is 11.6 Å². The average molecular weight is 545 g/mol. The minimum absolute atomic E-state index is 0.00875. The minimum atomic E-state index is -1.28. The van der Waals surface area contributed by atoms with Gasteiger partial charge in [0.25, 0.3) is 11.8 Å². The number of anilines is 2. The Balaban J connectivity index is 1.44. The molecule has 8 heteroatoms. The fourth-order valence-corrected chi connectivity index (χ4v) is 5.52. The summed E-state index contributed by atoms with van der Waals surface area (Å²) in [5.41, 5.74) is 3.61. The van der Waals surface area contributed by atoms with Gasteiger partial charge in [-0.25, -0.2) is 4.79 Å². The molecule has 3 aromatic carbocycles. The number of nitrogens with one attached hydrogen (secondary N) is 1. The van der Waals surface area contributed by atoms with Crippen LogP contribution in [0.5, 0.6) is 0 Å². The van der Waals surface area contributed by atoms with Crippen LogP contribution in [0.15, 0.2) is 66.7 Å². The molecule has 0 saturated carbocycles. The highest BCUT2D eigenvalue weighted by Gasteiger charge is 2.29. The molecule has 0 fully saturated rings. The zero-order chi connectivity index (χ0) is 27.5. The topological polar surface area (TPSA) is 107 Å². The van der Waals surface area contributed by atoms with Crippen LogP contribution >= 0.6 is 11.6 Å². The first-order valence-corrected chi connectivity index (χ1v) is 13.5. The van der Waals surface area contributed by atoms with Crippen LogP contribution in [0.4, 0.5) is 11.4 Å². The maximum atomic E-state index is 13.7. The van der Waals surface area contributed by atoms with E-state index in [1.165, 1.54) is 23.1 Å². The van der Waals surface area contributed by atoms with Crippen LogP contribution in [0, 0.1) is 0 Å². The van der Waals surface area contributed by atoms with Gasteiger partial charge in [0, 0.05) is 34.1 Å². The summed E-state index contributed by atoms with van der Waals surface area (Å²) in [5.74, 6) is -2.13. The first kappa shape index (κ1) is 26.7. The smallest absolute Gasteiger partial charge is 0.336 e. The third-order valence-electron chi connectivity index (χ3n) is 7.29. The Morgan fingerprint density at radius 2 is 1.74 bits per heavy atom. The van der Waals surface area contributed by atoms with Crippen molar-refractivity contribution < 1.29 is 24.6 Å². The van der Waals surface area contributed by atoms with Crippen LogP contribution in [-0.4, -0.2) is 34.5 Å². The number of carbonyl (C=O) groups excluding carboxylic acids is 2. The van der Waals surface area contributed by atoms with Gasteiger partial charge in [0.2, 0.25) is 0 Å². The second-order valence-corrected chi connectivity index (χ2v) is 10.3. The highest BCUT2D eigenvalue weighted by molar-refractivity contribution is 6.30. The van der Waals surface area contributed by atoms with E-state index in [0.29, 0.717) is 41.2 Å². The number of nitrogens with zero attached hydrogens (tertiary/aromatic N) is 1. The second kappa shape index (κ2) is 11.4. The molecule has 0 aromatic heterocycles. The lowest BCUT2D eigenvalue weighted by atomic mass is 9.90. The number of carboxylic acid groups (broad SMARTS) is 1. The van der Waals surface area contributed by atoms with E-state index in [1.54, 1.807) is 30.3 Å². The zero-order valence-corrected chi connectivity index (χ0v) is 22.1. The molecule has 1 atom stereocenters. The number of aromatic carboxylic acids is 1. The molecular formula is C31H29ClN2O5. The second-order valence-electron chi connectivity index (χ2n) is 9.86. The number of halogens is 1. The molecule has 2 amide bonds. The van der Waals surface area contributed by atoms with Crippen molar-refractivity contribution >= 4 is 46.3 Å². The molecule has 1 unspecified atom stereocenters. The number of rotatable bonds is 5. The van der Waals surface area contributed by atoms with Crippen LogP contribution in [0.3, 0.4) is 0 Å². The molecule has 200 valence electrons. The molecule has 0 spiro atoms. The van der Waals surface area contributed by atoms with Crippen molar-refractivity contribution in [2.75, 3.05) is 16.8 Å². The van der Waals surface area contributed by atoms with E-state index < -0.39 is 18.0 Å². The van der Waals surface area contributed by atoms with Crippen molar-refractivity contribution in [3.63, 3.8) is 0 Å². The Kier molecular flexibility index (Phi) is 7.82. The van der Waals surface area contributed by atoms with Gasteiger partial charge in [0.15, 0.2) is 0 Å². The first-order valence-electron chi connectivity index (χ1n) is 13.1. The average Bonchev–Trinajstić information content (AvgIpc) is 3.11. The number of carboxylic acids is 1. The van der Waals surface area contributed by atoms with Crippen molar-refractivity contribution in [2.24, 2.45) is 0 Å². The summed E-state index contributed by atoms with van der Waals surface area (Å²) in [6.45, 7) is 0.314. The van der Waals surface area contributed by atoms with Gasteiger partial charge in [-0.15, -0.1) is 0 Å². The normalized spacial score (nSPS) is 17.0. The minimum Gasteiger partial charge on any atom is -0.478 e. The molecule has 5 rings (SSSR count). The zero-order valence-electron chi connectivity index (χ0n) is 21.3. The van der Waals surface area contributed by atoms with Crippen LogP contribution < -0.4 is 10.2 Å². The number of benzene rings is 3. The largest absolute Gasteiger partial charge is 0.478 e. The molecular weight excluding hydrogens is 516 g/mol. The van der Waals surface area contributed by atoms with Gasteiger partial charge in [-0.1, -0.05) is 35.9 Å². The summed E-state index contributed by atoms with van der Waals surface area (Å²) in [7, 11) is 0. The molecule has 7 nitrogen and oxygen atoms in total. The van der Waals surface area contributed by atoms with Gasteiger partial charge in [-0.05, 0) is 92.1 Å². The van der Waals surface area contributed by atoms with Gasteiger partial charge in [-0.3, -0.25) is 9.59 Å². The summed E-state index contributed by atoms with van der Waals surface area (Å²) >= 11 is 6.13. The van der Waals surface area contributed by atoms with Gasteiger partial charge >= 0.3 is 5.97 Å². The molecule has 3 aromatic rings. The third kappa shape index (κ3) is 5.60. The number of fused-ring (bicyclic) bond motifs is 1. The van der Waals surface area contributed by atoms with Crippen LogP contribution in [0.1, 0.15) is 86.8 Å². The number of carbonyl (C=O) groups is 3. The van der Waals surface area contributed by atoms with E-state index in [1.807, 2.05) is 12.1 Å². The predicted molar refractivity (Wildman–Crippen MR) is 152 cm³/mol. The van der Waals surface area contributed by atoms with E-state index in [9.17, 15) is 24.6 Å². The van der Waals surface area contributed by atoms with E-state index >= 15 is 0 Å². The number of aliphatic hydroxyl groups excluding tert-OH is 1. The highest BCUT2D eigenvalue weighted by Crippen LogP contribution is 2.36. The van der Waals surface area contributed by atoms with Crippen LogP contribution in [0.25, 0.3) is 5.57 Å². The molecule has 1 heterocycles. The molecule has 0 bridgehead atoms. The van der Waals surface area contributed by atoms with Crippen molar-refractivity contribution in [2.45, 2.75) is 44.6 Å². The van der Waals surface area contributed by atoms with E-state index in [2.05, 4.69) is 11.4 Å². The third-order valence-corrected chi connectivity index (χ3v) is 7.53. The summed E-state index contributed by atoms with van der Waals surface area (Å²) in [6.07, 6.45) is 6.49. The lowest BCUT2D eigenvalue weighted by Crippen LogP contribution is -2.33. The summed E-state index contributed by atoms with van der Waals surface area (Å²) < 4.78 is 0. The quantitative estimate of drug-likeness (QED) is 0.330. The van der Waals surface area contributed by atoms with Crippen molar-refractivity contribution in [1.82, 2.24) is 0 Å². The molecule has 1 aliphatic carbocycles. The lowest BCUT2D eigenvalue weighted by Gasteiger charge is -2.24. The number of aliphatic hydroxyl groups is 1. The maximum absolute atomic E-state index is 13.7. The summed E-state index contributed by atoms with van der Waals surface area (Å²) in [5, 5.41) is 23.8. The summed E-state index contributed by atoms with van der Waals surface area (Å²) in [6, 6.07) is 16.6. The lowest BCUT2D eigenvalue weighted by molar-refractivity contribution is 0.0691. The summed E-state index contributed by atoms with van der Waals surface area (Å²) in [4.78, 5) is 40.6. The van der Waals surface area contributed by atoms with Crippen molar-refractivity contribution in [3.8, 4) is 0 Å². The monoisotopic (exact) mass is 544 g/mol. The molecule has 0 saturated heterocycles. The van der Waals surface area contributed by atoms with Gasteiger partial charge in [0.05, 0.1) is 17.2 Å². The Bertz CT molecular complexity index is 1480. The van der Waals surface area contributed by atoms with Gasteiger partial charge < -0.3 is 20.4 Å². The predicted octanol–water partition coefficient (Wildman–Crippen LogP) is 6.72. The number of amides is 2. The highest BCUT2D eigenvalue weighted by atomic mass is 35.5. The van der Waals surface area contributed by atoms with Crippen molar-refractivity contribution in [3.05, 3.63) is 99.6 Å². The Morgan fingerprint density at radius 1 is 0.923 bits per heavy atom. The fraction of sp³-hybridized carbons (Fsp3) is 0.258. The SMILES string of the molecule is O=C(O)c1cc(NC(=O)c2ccccc2C2=CCCCC2)ccc1C(=O)N1CCCC(O)c2cc(Cl)ccc21. The van der Waals surface area contributed by atoms with Crippen LogP contribution in [0.2, 0.25) is 5.02 Å². The standard InChI is InChI=1S/C31H29ClN2O5/c32-20-12-15-27-26(17-20)28(35)11-6-16-34(27)30(37)24-14-13-21(18-25(24)31(38)39)33-29(36)23-10-5-4-9-22(23)19-7-2-1-3-8-19/h4-5,7,9-10,12-15,17-18,28,35H,1-3,6,8,11,16H2,(H,33,36)(H,38,39). The Labute approximate surface area is 231 Å². The van der Waals surface area contributed by atoms with E-state index in [-0.39, 0.29) is 22.7 Å². The maximum Gasteiger partial charge on any atom is 0.336 e. The first-order chi connectivity index (χ1) is 18.8. The van der Waals surface area contributed by atoms with Crippen molar-refractivity contribution in [1.29, 1.82) is 0 Å². The molecule has 3 N–H and O–H groups in total. The molecule has 0 radical (unpaired) electrons. The molecule has 39 heavy (non-hydrogen) atoms. The Morgan fingerprint density at radius 3 is 2.51 bits per heavy atom. The van der Waals surface area contributed by atoms with Crippen LogP contribution in [-0.2, 0) is 0 Å². The molecule has 1 aliphatic heterocycles. The van der Waals surface area contributed by atoms with E-state index in [0.717, 1.165) is 36.8 Å². The van der Waals surface area contributed by atoms with Gasteiger partial charge in [0.1, 0.15) is 0 Å². The van der Waals surface area contributed by atoms with Gasteiger partial charge in [-0.2, -0.15) is 0 Å².